The Morgan fingerprint density at radius 3 is 2.26 bits per heavy atom. The van der Waals surface area contributed by atoms with Crippen molar-refractivity contribution in [3.8, 4) is 0 Å². The summed E-state index contributed by atoms with van der Waals surface area (Å²) in [6.07, 6.45) is -10.8. The van der Waals surface area contributed by atoms with E-state index in [1.807, 2.05) is 0 Å². The van der Waals surface area contributed by atoms with Gasteiger partial charge in [-0.05, 0) is 73.4 Å². The van der Waals surface area contributed by atoms with E-state index in [1.165, 1.54) is 6.07 Å². The van der Waals surface area contributed by atoms with Crippen molar-refractivity contribution < 1.29 is 45.4 Å². The minimum absolute atomic E-state index is 0.000565. The fourth-order valence-electron chi connectivity index (χ4n) is 5.49. The Balaban J connectivity index is 1.81. The second kappa shape index (κ2) is 9.87. The summed E-state index contributed by atoms with van der Waals surface area (Å²) in [4.78, 5) is 28.0. The van der Waals surface area contributed by atoms with Crippen molar-refractivity contribution in [2.24, 2.45) is 11.7 Å². The number of halogens is 7. The molecule has 1 aliphatic carbocycles. The third-order valence-corrected chi connectivity index (χ3v) is 7.37. The van der Waals surface area contributed by atoms with Gasteiger partial charge in [0.05, 0.1) is 5.56 Å². The van der Waals surface area contributed by atoms with Crippen LogP contribution in [-0.2, 0) is 11.0 Å². The Labute approximate surface area is 213 Å². The molecule has 1 saturated heterocycles. The van der Waals surface area contributed by atoms with Crippen LogP contribution in [0, 0.1) is 11.7 Å². The van der Waals surface area contributed by atoms with E-state index >= 15 is 4.39 Å². The number of alkyl halides is 6. The second-order valence-corrected chi connectivity index (χ2v) is 9.82. The topological polar surface area (TPSA) is 83.6 Å². The van der Waals surface area contributed by atoms with E-state index in [9.17, 15) is 41.0 Å². The summed E-state index contributed by atoms with van der Waals surface area (Å²) in [5.74, 6) is -4.42. The first-order chi connectivity index (χ1) is 17.7. The normalized spacial score (nSPS) is 22.2. The zero-order valence-corrected chi connectivity index (χ0v) is 20.0. The molecule has 3 N–H and O–H groups in total. The number of hydrogen-bond donors (Lipinski definition) is 2. The lowest BCUT2D eigenvalue weighted by Gasteiger charge is -2.50. The highest BCUT2D eigenvalue weighted by Gasteiger charge is 2.57. The van der Waals surface area contributed by atoms with Gasteiger partial charge in [-0.3, -0.25) is 9.59 Å². The van der Waals surface area contributed by atoms with E-state index in [-0.39, 0.29) is 30.0 Å². The summed E-state index contributed by atoms with van der Waals surface area (Å²) in [6, 6.07) is 6.25. The molecule has 0 radical (unpaired) electrons. The van der Waals surface area contributed by atoms with Gasteiger partial charge in [0.1, 0.15) is 11.4 Å². The van der Waals surface area contributed by atoms with Crippen LogP contribution in [0.5, 0.6) is 0 Å². The number of nitrogens with zero attached hydrogens (tertiary/aromatic N) is 1. The van der Waals surface area contributed by atoms with Gasteiger partial charge in [-0.1, -0.05) is 18.2 Å². The Hall–Kier alpha value is -3.15. The Morgan fingerprint density at radius 1 is 1.03 bits per heavy atom. The van der Waals surface area contributed by atoms with Gasteiger partial charge >= 0.3 is 12.4 Å². The van der Waals surface area contributed by atoms with E-state index in [4.69, 9.17) is 5.73 Å². The van der Waals surface area contributed by atoms with Gasteiger partial charge in [0.15, 0.2) is 6.10 Å². The maximum Gasteiger partial charge on any atom is 0.418 e. The van der Waals surface area contributed by atoms with Crippen molar-refractivity contribution in [1.29, 1.82) is 0 Å². The predicted octanol–water partition coefficient (Wildman–Crippen LogP) is 5.48. The maximum absolute atomic E-state index is 15.2. The summed E-state index contributed by atoms with van der Waals surface area (Å²) < 4.78 is 93.9. The van der Waals surface area contributed by atoms with Crippen molar-refractivity contribution in [2.45, 2.75) is 62.0 Å². The van der Waals surface area contributed by atoms with E-state index in [0.717, 1.165) is 29.2 Å². The quantitative estimate of drug-likeness (QED) is 0.471. The number of aliphatic hydroxyl groups is 1. The van der Waals surface area contributed by atoms with Crippen molar-refractivity contribution >= 4 is 11.8 Å². The zero-order chi connectivity index (χ0) is 28.0. The summed E-state index contributed by atoms with van der Waals surface area (Å²) in [7, 11) is 0. The first kappa shape index (κ1) is 27.9. The molecule has 206 valence electrons. The summed E-state index contributed by atoms with van der Waals surface area (Å²) in [6.45, 7) is -0.0285. The van der Waals surface area contributed by atoms with E-state index in [1.54, 1.807) is 0 Å². The summed E-state index contributed by atoms with van der Waals surface area (Å²) in [5.41, 5.74) is 1.82. The number of amides is 2. The number of nitrogens with two attached hydrogens (primary N) is 1. The number of hydrogen-bond acceptors (Lipinski definition) is 3. The molecule has 0 bridgehead atoms. The molecule has 1 saturated carbocycles. The minimum Gasteiger partial charge on any atom is -0.379 e. The van der Waals surface area contributed by atoms with Crippen LogP contribution in [0.15, 0.2) is 42.5 Å². The molecular weight excluding hydrogens is 521 g/mol. The highest BCUT2D eigenvalue weighted by atomic mass is 19.4. The van der Waals surface area contributed by atoms with Crippen molar-refractivity contribution in [3.63, 3.8) is 0 Å². The van der Waals surface area contributed by atoms with Crippen LogP contribution in [0.1, 0.15) is 71.2 Å². The molecule has 1 aliphatic heterocycles. The number of aliphatic hydroxyl groups excluding tert-OH is 1. The Bertz CT molecular complexity index is 1230. The van der Waals surface area contributed by atoms with Gasteiger partial charge in [0.25, 0.3) is 5.91 Å². The highest BCUT2D eigenvalue weighted by molar-refractivity contribution is 6.00. The standard InChI is InChI=1S/C26H25F7N2O3/c27-19-13-17(25(28,29)30)8-9-18(19)20(14-6-7-14)24(23(34)38)10-1-2-11-35(24)22(37)16-5-3-4-15(12-16)21(36)26(31,32)33/h3-5,8-9,12-14,20-21,36H,1-2,6-7,10-11H2,(H2,34,38)/t20-,21+,24?/m1/s1. The van der Waals surface area contributed by atoms with Crippen molar-refractivity contribution in [1.82, 2.24) is 4.90 Å². The molecule has 0 spiro atoms. The molecule has 4 rings (SSSR count). The lowest BCUT2D eigenvalue weighted by atomic mass is 9.69. The SMILES string of the molecule is NC(=O)C1([C@@H](c2ccc(C(F)(F)F)cc2F)C2CC2)CCCCN1C(=O)c1cccc([C@H](O)C(F)(F)F)c1. The molecule has 2 aromatic rings. The molecular formula is C26H25F7N2O3. The van der Waals surface area contributed by atoms with Crippen LogP contribution in [0.2, 0.25) is 0 Å². The number of rotatable bonds is 6. The molecule has 2 aromatic carbocycles. The first-order valence-electron chi connectivity index (χ1n) is 12.0. The van der Waals surface area contributed by atoms with Gasteiger partial charge in [-0.15, -0.1) is 0 Å². The molecule has 1 heterocycles. The lowest BCUT2D eigenvalue weighted by molar-refractivity contribution is -0.206. The van der Waals surface area contributed by atoms with Gasteiger partial charge < -0.3 is 15.7 Å². The minimum atomic E-state index is -4.99. The van der Waals surface area contributed by atoms with Crippen LogP contribution in [0.4, 0.5) is 30.7 Å². The van der Waals surface area contributed by atoms with Gasteiger partial charge in [0.2, 0.25) is 5.91 Å². The number of benzene rings is 2. The number of carbonyl (C=O) groups is 2. The molecule has 38 heavy (non-hydrogen) atoms. The smallest absolute Gasteiger partial charge is 0.379 e. The second-order valence-electron chi connectivity index (χ2n) is 9.82. The van der Waals surface area contributed by atoms with Crippen LogP contribution < -0.4 is 5.73 Å². The van der Waals surface area contributed by atoms with E-state index in [0.29, 0.717) is 37.8 Å². The molecule has 5 nitrogen and oxygen atoms in total. The van der Waals surface area contributed by atoms with Crippen molar-refractivity contribution in [2.75, 3.05) is 6.54 Å². The fourth-order valence-corrected chi connectivity index (χ4v) is 5.49. The van der Waals surface area contributed by atoms with Crippen LogP contribution in [0.3, 0.4) is 0 Å². The largest absolute Gasteiger partial charge is 0.418 e. The molecule has 2 fully saturated rings. The predicted molar refractivity (Wildman–Crippen MR) is 121 cm³/mol. The number of piperidine rings is 1. The third-order valence-electron chi connectivity index (χ3n) is 7.37. The number of likely N-dealkylation sites (tertiary alicyclic amines) is 1. The molecule has 12 heteroatoms. The lowest BCUT2D eigenvalue weighted by Crippen LogP contribution is -2.65. The van der Waals surface area contributed by atoms with Crippen molar-refractivity contribution in [3.05, 3.63) is 70.5 Å². The summed E-state index contributed by atoms with van der Waals surface area (Å²) >= 11 is 0. The molecule has 1 unspecified atom stereocenters. The monoisotopic (exact) mass is 546 g/mol. The van der Waals surface area contributed by atoms with Gasteiger partial charge in [0, 0.05) is 18.0 Å². The number of carbonyl (C=O) groups excluding carboxylic acids is 2. The first-order valence-corrected chi connectivity index (χ1v) is 12.0. The van der Waals surface area contributed by atoms with E-state index in [2.05, 4.69) is 0 Å². The fraction of sp³-hybridized carbons (Fsp3) is 0.462. The molecule has 2 amide bonds. The maximum atomic E-state index is 15.2. The Morgan fingerprint density at radius 2 is 1.71 bits per heavy atom. The summed E-state index contributed by atoms with van der Waals surface area (Å²) in [5, 5.41) is 9.65. The molecule has 3 atom stereocenters. The highest BCUT2D eigenvalue weighted by Crippen LogP contribution is 2.54. The third kappa shape index (κ3) is 5.10. The van der Waals surface area contributed by atoms with Gasteiger partial charge in [-0.2, -0.15) is 26.3 Å². The van der Waals surface area contributed by atoms with Gasteiger partial charge in [-0.25, -0.2) is 4.39 Å². The zero-order valence-electron chi connectivity index (χ0n) is 20.0. The molecule has 2 aliphatic rings. The average molecular weight is 546 g/mol. The van der Waals surface area contributed by atoms with Crippen LogP contribution >= 0.6 is 0 Å². The average Bonchev–Trinajstić information content (AvgIpc) is 3.68. The number of primary amides is 1. The Kier molecular flexibility index (Phi) is 7.24. The van der Waals surface area contributed by atoms with Crippen LogP contribution in [0.25, 0.3) is 0 Å². The van der Waals surface area contributed by atoms with Crippen LogP contribution in [-0.4, -0.2) is 40.1 Å². The van der Waals surface area contributed by atoms with E-state index < -0.39 is 58.7 Å². The molecule has 0 aromatic heterocycles.